The average Bonchev–Trinajstić information content (AvgIpc) is 2.66. The third kappa shape index (κ3) is 4.82. The lowest BCUT2D eigenvalue weighted by Crippen LogP contribution is -2.13. The van der Waals surface area contributed by atoms with Gasteiger partial charge in [-0.2, -0.15) is 0 Å². The second kappa shape index (κ2) is 8.47. The van der Waals surface area contributed by atoms with Gasteiger partial charge >= 0.3 is 0 Å². The van der Waals surface area contributed by atoms with Gasteiger partial charge in [0, 0.05) is 12.3 Å². The number of halogens is 2. The van der Waals surface area contributed by atoms with Gasteiger partial charge in [-0.3, -0.25) is 4.79 Å². The van der Waals surface area contributed by atoms with Crippen molar-refractivity contribution in [3.8, 4) is 5.75 Å². The molecule has 0 aliphatic carbocycles. The molecular formula is C21H19F2N3O2. The van der Waals surface area contributed by atoms with Gasteiger partial charge in [-0.05, 0) is 50.2 Å². The van der Waals surface area contributed by atoms with Crippen LogP contribution in [0.25, 0.3) is 0 Å². The highest BCUT2D eigenvalue weighted by molar-refractivity contribution is 6.04. The molecule has 3 rings (SSSR count). The third-order valence-electron chi connectivity index (χ3n) is 3.72. The summed E-state index contributed by atoms with van der Waals surface area (Å²) < 4.78 is 32.4. The summed E-state index contributed by atoms with van der Waals surface area (Å²) in [5.74, 6) is -0.902. The van der Waals surface area contributed by atoms with E-state index in [0.29, 0.717) is 17.6 Å². The van der Waals surface area contributed by atoms with Crippen molar-refractivity contribution in [1.82, 2.24) is 4.98 Å². The lowest BCUT2D eigenvalue weighted by atomic mass is 10.2. The first kappa shape index (κ1) is 19.3. The summed E-state index contributed by atoms with van der Waals surface area (Å²) in [6, 6.07) is 13.6. The minimum absolute atomic E-state index is 0.0221. The maximum absolute atomic E-state index is 13.7. The molecule has 0 aliphatic heterocycles. The summed E-state index contributed by atoms with van der Waals surface area (Å²) in [4.78, 5) is 16.5. The molecule has 0 saturated heterocycles. The Hall–Kier alpha value is -3.48. The zero-order valence-electron chi connectivity index (χ0n) is 15.4. The molecule has 2 N–H and O–H groups in total. The summed E-state index contributed by atoms with van der Waals surface area (Å²) in [6.07, 6.45) is 1.39. The monoisotopic (exact) mass is 383 g/mol. The number of rotatable bonds is 6. The Morgan fingerprint density at radius 1 is 1.04 bits per heavy atom. The Morgan fingerprint density at radius 3 is 2.50 bits per heavy atom. The van der Waals surface area contributed by atoms with Crippen molar-refractivity contribution >= 4 is 23.1 Å². The highest BCUT2D eigenvalue weighted by Gasteiger charge is 2.11. The zero-order chi connectivity index (χ0) is 20.1. The van der Waals surface area contributed by atoms with E-state index in [1.54, 1.807) is 12.1 Å². The van der Waals surface area contributed by atoms with E-state index in [1.165, 1.54) is 6.20 Å². The molecule has 3 aromatic rings. The third-order valence-corrected chi connectivity index (χ3v) is 3.72. The summed E-state index contributed by atoms with van der Waals surface area (Å²) in [5.41, 5.74) is 0.878. The van der Waals surface area contributed by atoms with Crippen molar-refractivity contribution in [2.45, 2.75) is 20.0 Å². The van der Waals surface area contributed by atoms with Gasteiger partial charge in [0.15, 0.2) is 0 Å². The van der Waals surface area contributed by atoms with E-state index in [4.69, 9.17) is 4.74 Å². The molecule has 0 radical (unpaired) electrons. The van der Waals surface area contributed by atoms with Gasteiger partial charge in [-0.25, -0.2) is 13.8 Å². The maximum atomic E-state index is 13.7. The Balaban J connectivity index is 1.71. The minimum Gasteiger partial charge on any atom is -0.489 e. The number of nitrogens with one attached hydrogen (secondary N) is 2. The number of anilines is 3. The second-order valence-electron chi connectivity index (χ2n) is 6.30. The number of ether oxygens (including phenoxy) is 1. The predicted molar refractivity (Wildman–Crippen MR) is 104 cm³/mol. The van der Waals surface area contributed by atoms with Gasteiger partial charge < -0.3 is 15.4 Å². The fourth-order valence-corrected chi connectivity index (χ4v) is 2.45. The van der Waals surface area contributed by atoms with Crippen molar-refractivity contribution in [2.24, 2.45) is 0 Å². The smallest absolute Gasteiger partial charge is 0.257 e. The van der Waals surface area contributed by atoms with Crippen LogP contribution in [-0.4, -0.2) is 17.0 Å². The topological polar surface area (TPSA) is 63.2 Å². The maximum Gasteiger partial charge on any atom is 0.257 e. The lowest BCUT2D eigenvalue weighted by Gasteiger charge is -2.15. The van der Waals surface area contributed by atoms with E-state index in [1.807, 2.05) is 38.1 Å². The van der Waals surface area contributed by atoms with E-state index in [0.717, 1.165) is 17.8 Å². The zero-order valence-corrected chi connectivity index (χ0v) is 15.4. The number of aromatic nitrogens is 1. The Morgan fingerprint density at radius 2 is 1.82 bits per heavy atom. The van der Waals surface area contributed by atoms with Gasteiger partial charge in [0.1, 0.15) is 23.2 Å². The Bertz CT molecular complexity index is 976. The number of hydrogen-bond donors (Lipinski definition) is 2. The molecule has 0 spiro atoms. The molecule has 144 valence electrons. The summed E-state index contributed by atoms with van der Waals surface area (Å²) in [7, 11) is 0. The summed E-state index contributed by atoms with van der Waals surface area (Å²) in [6.45, 7) is 3.87. The minimum atomic E-state index is -0.846. The first-order valence-electron chi connectivity index (χ1n) is 8.67. The van der Waals surface area contributed by atoms with Crippen molar-refractivity contribution < 1.29 is 18.3 Å². The van der Waals surface area contributed by atoms with Gasteiger partial charge in [0.2, 0.25) is 0 Å². The van der Waals surface area contributed by atoms with Crippen LogP contribution in [0.5, 0.6) is 5.75 Å². The number of para-hydroxylation sites is 2. The molecule has 0 unspecified atom stereocenters. The molecule has 0 bridgehead atoms. The lowest BCUT2D eigenvalue weighted by molar-refractivity contribution is 0.102. The molecular weight excluding hydrogens is 364 g/mol. The van der Waals surface area contributed by atoms with E-state index in [9.17, 15) is 13.6 Å². The fourth-order valence-electron chi connectivity index (χ4n) is 2.45. The fraction of sp³-hybridized carbons (Fsp3) is 0.143. The number of benzene rings is 2. The molecule has 7 heteroatoms. The van der Waals surface area contributed by atoms with Gasteiger partial charge in [-0.15, -0.1) is 0 Å². The van der Waals surface area contributed by atoms with Crippen LogP contribution in [0, 0.1) is 11.6 Å². The summed E-state index contributed by atoms with van der Waals surface area (Å²) in [5, 5.41) is 5.53. The van der Waals surface area contributed by atoms with Gasteiger partial charge in [0.05, 0.1) is 23.0 Å². The van der Waals surface area contributed by atoms with Crippen LogP contribution in [0.3, 0.4) is 0 Å². The van der Waals surface area contributed by atoms with Crippen molar-refractivity contribution in [2.75, 3.05) is 10.6 Å². The molecule has 0 fully saturated rings. The van der Waals surface area contributed by atoms with E-state index >= 15 is 0 Å². The second-order valence-corrected chi connectivity index (χ2v) is 6.30. The van der Waals surface area contributed by atoms with Gasteiger partial charge in [-0.1, -0.05) is 12.1 Å². The Labute approximate surface area is 161 Å². The molecule has 28 heavy (non-hydrogen) atoms. The number of hydrogen-bond acceptors (Lipinski definition) is 4. The number of pyridine rings is 1. The van der Waals surface area contributed by atoms with Crippen LogP contribution in [-0.2, 0) is 0 Å². The Kier molecular flexibility index (Phi) is 5.84. The number of carbonyl (C=O) groups excluding carboxylic acids is 1. The van der Waals surface area contributed by atoms with Crippen LogP contribution in [0.1, 0.15) is 24.2 Å². The number of amides is 1. The molecule has 0 atom stereocenters. The molecule has 0 aliphatic rings. The summed E-state index contributed by atoms with van der Waals surface area (Å²) >= 11 is 0. The quantitative estimate of drug-likeness (QED) is 0.618. The van der Waals surface area contributed by atoms with E-state index < -0.39 is 17.5 Å². The van der Waals surface area contributed by atoms with Crippen LogP contribution in [0.2, 0.25) is 0 Å². The molecule has 5 nitrogen and oxygen atoms in total. The van der Waals surface area contributed by atoms with Gasteiger partial charge in [0.25, 0.3) is 5.91 Å². The first-order valence-corrected chi connectivity index (χ1v) is 8.67. The standard InChI is InChI=1S/C21H19F2N3O2/c1-13(2)28-19-6-4-3-5-18(19)25-20-10-7-14(12-24-20)21(27)26-17-9-8-15(22)11-16(17)23/h3-13H,1-2H3,(H,24,25)(H,26,27). The molecule has 1 amide bonds. The highest BCUT2D eigenvalue weighted by Crippen LogP contribution is 2.27. The molecule has 1 aromatic heterocycles. The van der Waals surface area contributed by atoms with Crippen molar-refractivity contribution in [1.29, 1.82) is 0 Å². The van der Waals surface area contributed by atoms with Crippen LogP contribution >= 0.6 is 0 Å². The largest absolute Gasteiger partial charge is 0.489 e. The molecule has 1 heterocycles. The van der Waals surface area contributed by atoms with E-state index in [2.05, 4.69) is 15.6 Å². The molecule has 0 saturated carbocycles. The highest BCUT2D eigenvalue weighted by atomic mass is 19.1. The van der Waals surface area contributed by atoms with Crippen LogP contribution in [0.4, 0.5) is 26.0 Å². The van der Waals surface area contributed by atoms with Crippen LogP contribution < -0.4 is 15.4 Å². The average molecular weight is 383 g/mol. The first-order chi connectivity index (χ1) is 13.4. The van der Waals surface area contributed by atoms with Crippen molar-refractivity contribution in [3.63, 3.8) is 0 Å². The predicted octanol–water partition coefficient (Wildman–Crippen LogP) is 5.14. The SMILES string of the molecule is CC(C)Oc1ccccc1Nc1ccc(C(=O)Nc2ccc(F)cc2F)cn1. The number of nitrogens with zero attached hydrogens (tertiary/aromatic N) is 1. The normalized spacial score (nSPS) is 10.6. The molecule has 2 aromatic carbocycles. The van der Waals surface area contributed by atoms with Crippen molar-refractivity contribution in [3.05, 3.63) is 78.0 Å². The van der Waals surface area contributed by atoms with Crippen LogP contribution in [0.15, 0.2) is 60.8 Å². The number of carbonyl (C=O) groups is 1. The van der Waals surface area contributed by atoms with E-state index in [-0.39, 0.29) is 17.4 Å².